The van der Waals surface area contributed by atoms with Crippen molar-refractivity contribution in [1.82, 2.24) is 4.90 Å². The first-order valence-electron chi connectivity index (χ1n) is 6.70. The van der Waals surface area contributed by atoms with Crippen LogP contribution in [0.25, 0.3) is 0 Å². The Bertz CT molecular complexity index is 407. The van der Waals surface area contributed by atoms with Crippen molar-refractivity contribution in [3.63, 3.8) is 0 Å². The summed E-state index contributed by atoms with van der Waals surface area (Å²) < 4.78 is 5.71. The first-order valence-corrected chi connectivity index (χ1v) is 6.70. The maximum atomic E-state index is 8.71. The number of rotatable bonds is 5. The van der Waals surface area contributed by atoms with Crippen LogP contribution >= 0.6 is 0 Å². The normalized spacial score (nSPS) is 19.7. The summed E-state index contributed by atoms with van der Waals surface area (Å²) in [5.41, 5.74) is 0.674. The van der Waals surface area contributed by atoms with E-state index in [0.717, 1.165) is 24.9 Å². The van der Waals surface area contributed by atoms with Gasteiger partial charge in [-0.15, -0.1) is 0 Å². The van der Waals surface area contributed by atoms with Crippen molar-refractivity contribution < 1.29 is 4.74 Å². The van der Waals surface area contributed by atoms with Crippen molar-refractivity contribution in [3.05, 3.63) is 29.8 Å². The summed E-state index contributed by atoms with van der Waals surface area (Å²) in [6.45, 7) is 5.18. The van der Waals surface area contributed by atoms with Gasteiger partial charge in [-0.25, -0.2) is 0 Å². The molecule has 0 aliphatic carbocycles. The third-order valence-electron chi connectivity index (χ3n) is 3.60. The molecule has 0 spiro atoms. The zero-order valence-electron chi connectivity index (χ0n) is 10.9. The van der Waals surface area contributed by atoms with Crippen molar-refractivity contribution in [2.75, 3.05) is 19.7 Å². The van der Waals surface area contributed by atoms with Crippen LogP contribution in [0.3, 0.4) is 0 Å². The number of hydrogen-bond donors (Lipinski definition) is 0. The Labute approximate surface area is 109 Å². The zero-order chi connectivity index (χ0) is 12.8. The van der Waals surface area contributed by atoms with Gasteiger partial charge in [-0.2, -0.15) is 5.26 Å². The molecule has 0 bridgehead atoms. The lowest BCUT2D eigenvalue weighted by atomic mass is 10.2. The molecule has 18 heavy (non-hydrogen) atoms. The van der Waals surface area contributed by atoms with E-state index in [1.807, 2.05) is 12.1 Å². The van der Waals surface area contributed by atoms with Crippen LogP contribution in [0.4, 0.5) is 0 Å². The summed E-state index contributed by atoms with van der Waals surface area (Å²) in [6, 6.07) is 10.2. The molecule has 0 aromatic heterocycles. The number of ether oxygens (including phenoxy) is 1. The van der Waals surface area contributed by atoms with Gasteiger partial charge in [-0.1, -0.05) is 6.92 Å². The van der Waals surface area contributed by atoms with E-state index in [-0.39, 0.29) is 0 Å². The maximum absolute atomic E-state index is 8.71. The van der Waals surface area contributed by atoms with E-state index < -0.39 is 0 Å². The number of benzene rings is 1. The fourth-order valence-electron chi connectivity index (χ4n) is 2.56. The highest BCUT2D eigenvalue weighted by atomic mass is 16.5. The van der Waals surface area contributed by atoms with Gasteiger partial charge in [0.1, 0.15) is 12.4 Å². The Balaban J connectivity index is 1.76. The smallest absolute Gasteiger partial charge is 0.119 e. The van der Waals surface area contributed by atoms with Gasteiger partial charge in [-0.05, 0) is 50.1 Å². The molecule has 1 unspecified atom stereocenters. The lowest BCUT2D eigenvalue weighted by Crippen LogP contribution is -2.32. The van der Waals surface area contributed by atoms with Gasteiger partial charge in [-0.3, -0.25) is 4.90 Å². The van der Waals surface area contributed by atoms with E-state index in [1.54, 1.807) is 12.1 Å². The SMILES string of the molecule is CCC1CCCN1CCOc1ccc(C#N)cc1. The predicted octanol–water partition coefficient (Wildman–Crippen LogP) is 2.81. The van der Waals surface area contributed by atoms with Crippen LogP contribution in [0.5, 0.6) is 5.75 Å². The molecular weight excluding hydrogens is 224 g/mol. The number of likely N-dealkylation sites (tertiary alicyclic amines) is 1. The average molecular weight is 244 g/mol. The maximum Gasteiger partial charge on any atom is 0.119 e. The molecule has 0 radical (unpaired) electrons. The monoisotopic (exact) mass is 244 g/mol. The Hall–Kier alpha value is -1.53. The minimum atomic E-state index is 0.674. The van der Waals surface area contributed by atoms with Crippen LogP contribution in [-0.4, -0.2) is 30.6 Å². The van der Waals surface area contributed by atoms with Gasteiger partial charge >= 0.3 is 0 Å². The molecule has 2 rings (SSSR count). The Morgan fingerprint density at radius 1 is 1.39 bits per heavy atom. The van der Waals surface area contributed by atoms with E-state index in [2.05, 4.69) is 17.9 Å². The molecule has 1 aliphatic rings. The second-order valence-electron chi connectivity index (χ2n) is 4.72. The largest absolute Gasteiger partial charge is 0.492 e. The highest BCUT2D eigenvalue weighted by molar-refractivity contribution is 5.34. The zero-order valence-corrected chi connectivity index (χ0v) is 10.9. The molecule has 1 aliphatic heterocycles. The molecule has 3 heteroatoms. The molecule has 0 saturated carbocycles. The summed E-state index contributed by atoms with van der Waals surface area (Å²) in [7, 11) is 0. The standard InChI is InChI=1S/C15H20N2O/c1-2-14-4-3-9-17(14)10-11-18-15-7-5-13(12-16)6-8-15/h5-8,14H,2-4,9-11H2,1H3. The van der Waals surface area contributed by atoms with E-state index in [9.17, 15) is 0 Å². The third-order valence-corrected chi connectivity index (χ3v) is 3.60. The Morgan fingerprint density at radius 2 is 2.17 bits per heavy atom. The lowest BCUT2D eigenvalue weighted by Gasteiger charge is -2.23. The second kappa shape index (κ2) is 6.42. The fourth-order valence-corrected chi connectivity index (χ4v) is 2.56. The van der Waals surface area contributed by atoms with E-state index in [1.165, 1.54) is 25.8 Å². The predicted molar refractivity (Wildman–Crippen MR) is 71.5 cm³/mol. The van der Waals surface area contributed by atoms with Crippen molar-refractivity contribution >= 4 is 0 Å². The van der Waals surface area contributed by atoms with E-state index in [4.69, 9.17) is 10.00 Å². The van der Waals surface area contributed by atoms with Gasteiger partial charge in [0.15, 0.2) is 0 Å². The number of hydrogen-bond acceptors (Lipinski definition) is 3. The molecule has 0 amide bonds. The second-order valence-corrected chi connectivity index (χ2v) is 4.72. The molecule has 1 aromatic carbocycles. The molecule has 1 aromatic rings. The summed E-state index contributed by atoms with van der Waals surface area (Å²) in [5, 5.41) is 8.71. The third kappa shape index (κ3) is 3.24. The van der Waals surface area contributed by atoms with Crippen molar-refractivity contribution in [3.8, 4) is 11.8 Å². The quantitative estimate of drug-likeness (QED) is 0.799. The van der Waals surface area contributed by atoms with Crippen LogP contribution < -0.4 is 4.74 Å². The molecular formula is C15H20N2O. The van der Waals surface area contributed by atoms with Gasteiger partial charge in [0.2, 0.25) is 0 Å². The topological polar surface area (TPSA) is 36.3 Å². The molecule has 3 nitrogen and oxygen atoms in total. The van der Waals surface area contributed by atoms with Crippen molar-refractivity contribution in [2.45, 2.75) is 32.2 Å². The molecule has 1 atom stereocenters. The number of nitriles is 1. The molecule has 96 valence electrons. The fraction of sp³-hybridized carbons (Fsp3) is 0.533. The van der Waals surface area contributed by atoms with E-state index >= 15 is 0 Å². The minimum absolute atomic E-state index is 0.674. The highest BCUT2D eigenvalue weighted by Crippen LogP contribution is 2.19. The number of nitrogens with zero attached hydrogens (tertiary/aromatic N) is 2. The van der Waals surface area contributed by atoms with Gasteiger partial charge in [0.05, 0.1) is 11.6 Å². The van der Waals surface area contributed by atoms with Crippen LogP contribution in [0.2, 0.25) is 0 Å². The summed E-state index contributed by atoms with van der Waals surface area (Å²) in [5.74, 6) is 0.848. The molecule has 0 N–H and O–H groups in total. The van der Waals surface area contributed by atoms with Crippen LogP contribution in [0.15, 0.2) is 24.3 Å². The van der Waals surface area contributed by atoms with Crippen LogP contribution in [0, 0.1) is 11.3 Å². The summed E-state index contributed by atoms with van der Waals surface area (Å²) >= 11 is 0. The summed E-state index contributed by atoms with van der Waals surface area (Å²) in [6.07, 6.45) is 3.87. The van der Waals surface area contributed by atoms with Gasteiger partial charge in [0.25, 0.3) is 0 Å². The molecule has 1 saturated heterocycles. The van der Waals surface area contributed by atoms with Crippen molar-refractivity contribution in [1.29, 1.82) is 5.26 Å². The molecule has 1 heterocycles. The minimum Gasteiger partial charge on any atom is -0.492 e. The van der Waals surface area contributed by atoms with Crippen LogP contribution in [-0.2, 0) is 0 Å². The first kappa shape index (κ1) is 12.9. The van der Waals surface area contributed by atoms with Crippen LogP contribution in [0.1, 0.15) is 31.7 Å². The Morgan fingerprint density at radius 3 is 2.83 bits per heavy atom. The average Bonchev–Trinajstić information content (AvgIpc) is 2.87. The van der Waals surface area contributed by atoms with Gasteiger partial charge < -0.3 is 4.74 Å². The molecule has 1 fully saturated rings. The lowest BCUT2D eigenvalue weighted by molar-refractivity contribution is 0.193. The summed E-state index contributed by atoms with van der Waals surface area (Å²) in [4.78, 5) is 2.52. The van der Waals surface area contributed by atoms with E-state index in [0.29, 0.717) is 5.56 Å². The highest BCUT2D eigenvalue weighted by Gasteiger charge is 2.21. The first-order chi connectivity index (χ1) is 8.83. The van der Waals surface area contributed by atoms with Crippen molar-refractivity contribution in [2.24, 2.45) is 0 Å². The Kier molecular flexibility index (Phi) is 4.60. The van der Waals surface area contributed by atoms with Gasteiger partial charge in [0, 0.05) is 12.6 Å².